The molecule has 2 heteroatoms. The summed E-state index contributed by atoms with van der Waals surface area (Å²) in [4.78, 5) is 1.98. The first-order chi connectivity index (χ1) is 11.2. The quantitative estimate of drug-likeness (QED) is 0.483. The van der Waals surface area contributed by atoms with Gasteiger partial charge in [-0.1, -0.05) is 56.3 Å². The highest BCUT2D eigenvalue weighted by atomic mass is 32.1. The fourth-order valence-electron chi connectivity index (χ4n) is 2.65. The Morgan fingerprint density at radius 2 is 1.74 bits per heavy atom. The first kappa shape index (κ1) is 15.7. The number of aryl methyl sites for hydroxylation is 1. The summed E-state index contributed by atoms with van der Waals surface area (Å²) in [7, 11) is 0. The Balaban J connectivity index is 1.90. The summed E-state index contributed by atoms with van der Waals surface area (Å²) in [5.41, 5.74) is 3.93. The molecule has 116 valence electrons. The largest absolute Gasteiger partial charge is 0.206 e. The second-order valence-corrected chi connectivity index (χ2v) is 6.66. The lowest BCUT2D eigenvalue weighted by Gasteiger charge is -2.06. The fraction of sp³-hybridized carbons (Fsp3) is 0.143. The lowest BCUT2D eigenvalue weighted by atomic mass is 10.0. The van der Waals surface area contributed by atoms with Crippen molar-refractivity contribution in [2.45, 2.75) is 19.8 Å². The Hall–Kier alpha value is -2.19. The molecule has 0 nitrogen and oxygen atoms in total. The number of hydrogen-bond acceptors (Lipinski definition) is 1. The van der Waals surface area contributed by atoms with Crippen molar-refractivity contribution in [2.24, 2.45) is 0 Å². The minimum absolute atomic E-state index is 0.183. The standard InChI is InChI=1S/C21H19FS/c1-3-5-15-6-8-16(9-7-15)17-10-12-19(20(22)14-17)21-13-11-18(4-2)23-21/h4,6-14H,2-3,5H2,1H3. The van der Waals surface area contributed by atoms with Crippen LogP contribution in [0.4, 0.5) is 4.39 Å². The zero-order valence-corrected chi connectivity index (χ0v) is 14.0. The van der Waals surface area contributed by atoms with Gasteiger partial charge in [-0.2, -0.15) is 0 Å². The van der Waals surface area contributed by atoms with E-state index in [1.807, 2.05) is 24.3 Å². The highest BCUT2D eigenvalue weighted by Gasteiger charge is 2.09. The van der Waals surface area contributed by atoms with E-state index in [0.717, 1.165) is 33.7 Å². The Bertz CT molecular complexity index is 812. The molecule has 0 amide bonds. The second kappa shape index (κ2) is 6.93. The number of thiophene rings is 1. The zero-order valence-electron chi connectivity index (χ0n) is 13.2. The maximum Gasteiger partial charge on any atom is 0.132 e. The van der Waals surface area contributed by atoms with Gasteiger partial charge < -0.3 is 0 Å². The molecular formula is C21H19FS. The van der Waals surface area contributed by atoms with Gasteiger partial charge in [0.25, 0.3) is 0 Å². The van der Waals surface area contributed by atoms with Gasteiger partial charge in [0.1, 0.15) is 5.82 Å². The minimum Gasteiger partial charge on any atom is -0.206 e. The number of rotatable bonds is 5. The van der Waals surface area contributed by atoms with Gasteiger partial charge in [-0.25, -0.2) is 4.39 Å². The summed E-state index contributed by atoms with van der Waals surface area (Å²) < 4.78 is 14.5. The fourth-order valence-corrected chi connectivity index (χ4v) is 3.54. The molecule has 0 aliphatic heterocycles. The van der Waals surface area contributed by atoms with Crippen LogP contribution in [0.15, 0.2) is 61.2 Å². The van der Waals surface area contributed by atoms with Crippen molar-refractivity contribution in [1.82, 2.24) is 0 Å². The summed E-state index contributed by atoms with van der Waals surface area (Å²) in [6, 6.07) is 17.8. The monoisotopic (exact) mass is 322 g/mol. The van der Waals surface area contributed by atoms with Gasteiger partial charge in [-0.05, 0) is 47.4 Å². The maximum atomic E-state index is 14.5. The molecule has 0 N–H and O–H groups in total. The van der Waals surface area contributed by atoms with Crippen LogP contribution in [0.1, 0.15) is 23.8 Å². The lowest BCUT2D eigenvalue weighted by Crippen LogP contribution is -1.86. The molecule has 0 saturated heterocycles. The Morgan fingerprint density at radius 1 is 1.00 bits per heavy atom. The molecule has 0 unspecified atom stereocenters. The lowest BCUT2D eigenvalue weighted by molar-refractivity contribution is 0.632. The molecule has 3 rings (SSSR count). The Labute approximate surface area is 140 Å². The SMILES string of the molecule is C=Cc1ccc(-c2ccc(-c3ccc(CCC)cc3)cc2F)s1. The van der Waals surface area contributed by atoms with E-state index in [4.69, 9.17) is 0 Å². The van der Waals surface area contributed by atoms with E-state index < -0.39 is 0 Å². The molecule has 0 radical (unpaired) electrons. The van der Waals surface area contributed by atoms with E-state index in [1.165, 1.54) is 5.56 Å². The molecular weight excluding hydrogens is 303 g/mol. The van der Waals surface area contributed by atoms with Crippen LogP contribution in [0, 0.1) is 5.82 Å². The second-order valence-electron chi connectivity index (χ2n) is 5.55. The predicted octanol–water partition coefficient (Wildman–Crippen LogP) is 6.82. The van der Waals surface area contributed by atoms with Crippen LogP contribution >= 0.6 is 11.3 Å². The van der Waals surface area contributed by atoms with Crippen molar-refractivity contribution in [2.75, 3.05) is 0 Å². The van der Waals surface area contributed by atoms with Crippen LogP contribution in [-0.2, 0) is 6.42 Å². The van der Waals surface area contributed by atoms with Crippen molar-refractivity contribution in [3.63, 3.8) is 0 Å². The third-order valence-electron chi connectivity index (χ3n) is 3.89. The van der Waals surface area contributed by atoms with Crippen LogP contribution in [-0.4, -0.2) is 0 Å². The summed E-state index contributed by atoms with van der Waals surface area (Å²) in [6.45, 7) is 5.92. The van der Waals surface area contributed by atoms with E-state index >= 15 is 0 Å². The van der Waals surface area contributed by atoms with E-state index in [2.05, 4.69) is 37.8 Å². The zero-order chi connectivity index (χ0) is 16.2. The smallest absolute Gasteiger partial charge is 0.132 e. The van der Waals surface area contributed by atoms with Crippen LogP contribution in [0.25, 0.3) is 27.6 Å². The van der Waals surface area contributed by atoms with Gasteiger partial charge in [0.2, 0.25) is 0 Å². The molecule has 3 aromatic rings. The van der Waals surface area contributed by atoms with Crippen molar-refractivity contribution in [3.8, 4) is 21.6 Å². The average Bonchev–Trinajstić information content (AvgIpc) is 3.04. The molecule has 2 aromatic carbocycles. The van der Waals surface area contributed by atoms with Gasteiger partial charge in [0, 0.05) is 15.3 Å². The molecule has 0 aliphatic rings. The summed E-state index contributed by atoms with van der Waals surface area (Å²) in [6.07, 6.45) is 4.01. The average molecular weight is 322 g/mol. The van der Waals surface area contributed by atoms with Crippen LogP contribution in [0.2, 0.25) is 0 Å². The van der Waals surface area contributed by atoms with Gasteiger partial charge in [0.15, 0.2) is 0 Å². The molecule has 23 heavy (non-hydrogen) atoms. The number of halogens is 1. The molecule has 0 atom stereocenters. The topological polar surface area (TPSA) is 0 Å². The predicted molar refractivity (Wildman–Crippen MR) is 99.2 cm³/mol. The van der Waals surface area contributed by atoms with E-state index in [9.17, 15) is 4.39 Å². The number of hydrogen-bond donors (Lipinski definition) is 0. The van der Waals surface area contributed by atoms with Crippen LogP contribution in [0.3, 0.4) is 0 Å². The third-order valence-corrected chi connectivity index (χ3v) is 5.00. The first-order valence-electron chi connectivity index (χ1n) is 7.82. The van der Waals surface area contributed by atoms with Crippen LogP contribution in [0.5, 0.6) is 0 Å². The van der Waals surface area contributed by atoms with Crippen molar-refractivity contribution < 1.29 is 4.39 Å². The van der Waals surface area contributed by atoms with Crippen LogP contribution < -0.4 is 0 Å². The molecule has 0 bridgehead atoms. The Kier molecular flexibility index (Phi) is 4.73. The van der Waals surface area contributed by atoms with E-state index in [0.29, 0.717) is 5.56 Å². The third kappa shape index (κ3) is 3.43. The number of benzene rings is 2. The first-order valence-corrected chi connectivity index (χ1v) is 8.64. The highest BCUT2D eigenvalue weighted by molar-refractivity contribution is 7.16. The maximum absolute atomic E-state index is 14.5. The van der Waals surface area contributed by atoms with Crippen molar-refractivity contribution >= 4 is 17.4 Å². The molecule has 0 saturated carbocycles. The molecule has 1 heterocycles. The summed E-state index contributed by atoms with van der Waals surface area (Å²) in [5, 5.41) is 0. The molecule has 0 spiro atoms. The van der Waals surface area contributed by atoms with Crippen molar-refractivity contribution in [3.05, 3.63) is 77.4 Å². The van der Waals surface area contributed by atoms with E-state index in [1.54, 1.807) is 23.5 Å². The van der Waals surface area contributed by atoms with Gasteiger partial charge >= 0.3 is 0 Å². The van der Waals surface area contributed by atoms with Gasteiger partial charge in [-0.15, -0.1) is 11.3 Å². The van der Waals surface area contributed by atoms with Crippen molar-refractivity contribution in [1.29, 1.82) is 0 Å². The molecule has 0 fully saturated rings. The minimum atomic E-state index is -0.183. The molecule has 1 aromatic heterocycles. The highest BCUT2D eigenvalue weighted by Crippen LogP contribution is 2.33. The Morgan fingerprint density at radius 3 is 2.35 bits per heavy atom. The molecule has 0 aliphatic carbocycles. The van der Waals surface area contributed by atoms with E-state index in [-0.39, 0.29) is 5.82 Å². The van der Waals surface area contributed by atoms with Gasteiger partial charge in [0.05, 0.1) is 0 Å². The summed E-state index contributed by atoms with van der Waals surface area (Å²) in [5.74, 6) is -0.183. The van der Waals surface area contributed by atoms with Gasteiger partial charge in [-0.3, -0.25) is 0 Å². The normalized spacial score (nSPS) is 10.7. The summed E-state index contributed by atoms with van der Waals surface area (Å²) >= 11 is 1.55.